The number of halogens is 4. The molecule has 1 aromatic rings. The van der Waals surface area contributed by atoms with E-state index in [1.54, 1.807) is 0 Å². The minimum Gasteiger partial charge on any atom is -0.298 e. The van der Waals surface area contributed by atoms with Gasteiger partial charge in [-0.25, -0.2) is 4.39 Å². The molecule has 1 saturated heterocycles. The quantitative estimate of drug-likeness (QED) is 0.472. The average molecular weight is 335 g/mol. The molecule has 128 valence electrons. The molecular formula is C14H17F4N3O2. The predicted octanol–water partition coefficient (Wildman–Crippen LogP) is 2.70. The number of non-ortho nitro benzene ring substituents is 1. The zero-order valence-corrected chi connectivity index (χ0v) is 12.4. The van der Waals surface area contributed by atoms with Gasteiger partial charge in [0.25, 0.3) is 5.69 Å². The van der Waals surface area contributed by atoms with Gasteiger partial charge in [0.1, 0.15) is 6.67 Å². The number of nitro benzene ring substituents is 1. The molecule has 0 N–H and O–H groups in total. The third-order valence-electron chi connectivity index (χ3n) is 3.87. The second kappa shape index (κ2) is 7.22. The average Bonchev–Trinajstić information content (AvgIpc) is 2.48. The number of alkyl halides is 4. The van der Waals surface area contributed by atoms with Crippen LogP contribution in [0.1, 0.15) is 11.1 Å². The molecule has 2 rings (SSSR count). The van der Waals surface area contributed by atoms with E-state index in [0.717, 1.165) is 12.1 Å². The Hall–Kier alpha value is -1.74. The number of nitro groups is 1. The predicted molar refractivity (Wildman–Crippen MR) is 75.8 cm³/mol. The van der Waals surface area contributed by atoms with Crippen LogP contribution in [0.5, 0.6) is 0 Å². The van der Waals surface area contributed by atoms with Gasteiger partial charge in [0.15, 0.2) is 0 Å². The number of hydrogen-bond donors (Lipinski definition) is 0. The Balaban J connectivity index is 2.12. The summed E-state index contributed by atoms with van der Waals surface area (Å²) < 4.78 is 51.6. The fraction of sp³-hybridized carbons (Fsp3) is 0.571. The Bertz CT molecular complexity index is 557. The Morgan fingerprint density at radius 1 is 1.13 bits per heavy atom. The number of nitrogens with zero attached hydrogens (tertiary/aromatic N) is 3. The van der Waals surface area contributed by atoms with Gasteiger partial charge in [0, 0.05) is 51.4 Å². The standard InChI is InChI=1S/C14H17F4N3O2/c15-3-4-19-5-7-20(8-6-19)10-11-1-2-12(21(22)23)9-13(11)14(16,17)18/h1-2,9H,3-8,10H2. The van der Waals surface area contributed by atoms with Gasteiger partial charge in [-0.2, -0.15) is 13.2 Å². The molecule has 1 aliphatic heterocycles. The van der Waals surface area contributed by atoms with E-state index in [9.17, 15) is 27.7 Å². The minimum absolute atomic E-state index is 0.0158. The lowest BCUT2D eigenvalue weighted by Gasteiger charge is -2.34. The summed E-state index contributed by atoms with van der Waals surface area (Å²) in [5, 5.41) is 10.7. The van der Waals surface area contributed by atoms with E-state index >= 15 is 0 Å². The maximum Gasteiger partial charge on any atom is 0.416 e. The lowest BCUT2D eigenvalue weighted by molar-refractivity contribution is -0.385. The van der Waals surface area contributed by atoms with E-state index in [1.165, 1.54) is 0 Å². The van der Waals surface area contributed by atoms with Crippen LogP contribution in [0.2, 0.25) is 0 Å². The molecule has 0 radical (unpaired) electrons. The van der Waals surface area contributed by atoms with E-state index in [-0.39, 0.29) is 12.1 Å². The van der Waals surface area contributed by atoms with Crippen LogP contribution in [0, 0.1) is 10.1 Å². The monoisotopic (exact) mass is 335 g/mol. The van der Waals surface area contributed by atoms with Gasteiger partial charge in [0.05, 0.1) is 10.5 Å². The molecule has 5 nitrogen and oxygen atoms in total. The number of hydrogen-bond acceptors (Lipinski definition) is 4. The Morgan fingerprint density at radius 3 is 2.26 bits per heavy atom. The van der Waals surface area contributed by atoms with Crippen LogP contribution in [0.3, 0.4) is 0 Å². The highest BCUT2D eigenvalue weighted by molar-refractivity contribution is 5.41. The summed E-state index contributed by atoms with van der Waals surface area (Å²) in [6.07, 6.45) is -4.64. The van der Waals surface area contributed by atoms with Crippen molar-refractivity contribution in [1.82, 2.24) is 9.80 Å². The van der Waals surface area contributed by atoms with Crippen LogP contribution < -0.4 is 0 Å². The zero-order valence-electron chi connectivity index (χ0n) is 12.4. The van der Waals surface area contributed by atoms with E-state index in [0.29, 0.717) is 38.8 Å². The van der Waals surface area contributed by atoms with Crippen molar-refractivity contribution in [2.75, 3.05) is 39.4 Å². The van der Waals surface area contributed by atoms with Gasteiger partial charge in [-0.05, 0) is 5.56 Å². The van der Waals surface area contributed by atoms with Crippen LogP contribution in [0.25, 0.3) is 0 Å². The molecule has 0 saturated carbocycles. The fourth-order valence-electron chi connectivity index (χ4n) is 2.61. The zero-order chi connectivity index (χ0) is 17.0. The minimum atomic E-state index is -4.64. The van der Waals surface area contributed by atoms with Gasteiger partial charge in [0.2, 0.25) is 0 Å². The van der Waals surface area contributed by atoms with Gasteiger partial charge in [-0.1, -0.05) is 6.07 Å². The van der Waals surface area contributed by atoms with Gasteiger partial charge in [-0.15, -0.1) is 0 Å². The maximum atomic E-state index is 13.1. The van der Waals surface area contributed by atoms with Gasteiger partial charge < -0.3 is 0 Å². The van der Waals surface area contributed by atoms with Gasteiger partial charge in [-0.3, -0.25) is 19.9 Å². The summed E-state index contributed by atoms with van der Waals surface area (Å²) >= 11 is 0. The van der Waals surface area contributed by atoms with Crippen LogP contribution in [0.15, 0.2) is 18.2 Å². The van der Waals surface area contributed by atoms with Crippen molar-refractivity contribution in [2.45, 2.75) is 12.7 Å². The highest BCUT2D eigenvalue weighted by Crippen LogP contribution is 2.35. The number of rotatable bonds is 5. The van der Waals surface area contributed by atoms with Crippen molar-refractivity contribution < 1.29 is 22.5 Å². The van der Waals surface area contributed by atoms with Crippen LogP contribution >= 0.6 is 0 Å². The largest absolute Gasteiger partial charge is 0.416 e. The molecular weight excluding hydrogens is 318 g/mol. The lowest BCUT2D eigenvalue weighted by Crippen LogP contribution is -2.46. The maximum absolute atomic E-state index is 13.1. The number of piperazine rings is 1. The van der Waals surface area contributed by atoms with Crippen molar-refractivity contribution in [3.63, 3.8) is 0 Å². The van der Waals surface area contributed by atoms with Crippen molar-refractivity contribution >= 4 is 5.69 Å². The molecule has 0 amide bonds. The lowest BCUT2D eigenvalue weighted by atomic mass is 10.0. The van der Waals surface area contributed by atoms with Crippen LogP contribution in [0.4, 0.5) is 23.2 Å². The summed E-state index contributed by atoms with van der Waals surface area (Å²) in [6.45, 7) is 2.22. The molecule has 0 aromatic heterocycles. The molecule has 0 atom stereocenters. The Morgan fingerprint density at radius 2 is 1.74 bits per heavy atom. The first-order valence-corrected chi connectivity index (χ1v) is 7.16. The molecule has 0 unspecified atom stereocenters. The molecule has 0 bridgehead atoms. The second-order valence-electron chi connectivity index (χ2n) is 5.40. The van der Waals surface area contributed by atoms with Gasteiger partial charge >= 0.3 is 6.18 Å². The SMILES string of the molecule is O=[N+]([O-])c1ccc(CN2CCN(CCF)CC2)c(C(F)(F)F)c1. The fourth-order valence-corrected chi connectivity index (χ4v) is 2.61. The summed E-state index contributed by atoms with van der Waals surface area (Å²) in [5.41, 5.74) is -1.53. The molecule has 9 heteroatoms. The van der Waals surface area contributed by atoms with Crippen molar-refractivity contribution in [3.05, 3.63) is 39.4 Å². The van der Waals surface area contributed by atoms with Crippen LogP contribution in [-0.4, -0.2) is 54.1 Å². The van der Waals surface area contributed by atoms with E-state index in [4.69, 9.17) is 0 Å². The molecule has 1 aromatic carbocycles. The van der Waals surface area contributed by atoms with E-state index < -0.39 is 29.0 Å². The number of benzene rings is 1. The molecule has 1 aliphatic rings. The molecule has 1 fully saturated rings. The summed E-state index contributed by atoms with van der Waals surface area (Å²) in [7, 11) is 0. The molecule has 23 heavy (non-hydrogen) atoms. The van der Waals surface area contributed by atoms with E-state index in [2.05, 4.69) is 0 Å². The first-order chi connectivity index (χ1) is 10.8. The molecule has 0 spiro atoms. The third kappa shape index (κ3) is 4.61. The van der Waals surface area contributed by atoms with Crippen LogP contribution in [-0.2, 0) is 12.7 Å². The smallest absolute Gasteiger partial charge is 0.298 e. The molecule has 1 heterocycles. The van der Waals surface area contributed by atoms with Crippen molar-refractivity contribution in [1.29, 1.82) is 0 Å². The second-order valence-corrected chi connectivity index (χ2v) is 5.40. The highest BCUT2D eigenvalue weighted by atomic mass is 19.4. The first-order valence-electron chi connectivity index (χ1n) is 7.16. The Kier molecular flexibility index (Phi) is 5.53. The first kappa shape index (κ1) is 17.6. The van der Waals surface area contributed by atoms with Crippen molar-refractivity contribution in [3.8, 4) is 0 Å². The summed E-state index contributed by atoms with van der Waals surface area (Å²) in [6, 6.07) is 2.83. The van der Waals surface area contributed by atoms with Crippen molar-refractivity contribution in [2.24, 2.45) is 0 Å². The third-order valence-corrected chi connectivity index (χ3v) is 3.87. The normalized spacial score (nSPS) is 17.4. The topological polar surface area (TPSA) is 49.6 Å². The summed E-state index contributed by atoms with van der Waals surface area (Å²) in [5.74, 6) is 0. The summed E-state index contributed by atoms with van der Waals surface area (Å²) in [4.78, 5) is 13.6. The molecule has 0 aliphatic carbocycles. The Labute approximate surface area is 130 Å². The highest BCUT2D eigenvalue weighted by Gasteiger charge is 2.35. The van der Waals surface area contributed by atoms with E-state index in [1.807, 2.05) is 9.80 Å².